The monoisotopic (exact) mass is 393 g/mol. The second kappa shape index (κ2) is 6.73. The number of aryl methyl sites for hydroxylation is 1. The Balaban J connectivity index is 2.08. The zero-order chi connectivity index (χ0) is 18.9. The van der Waals surface area contributed by atoms with Crippen LogP contribution in [0.5, 0.6) is 0 Å². The van der Waals surface area contributed by atoms with E-state index in [0.29, 0.717) is 16.3 Å². The summed E-state index contributed by atoms with van der Waals surface area (Å²) in [5, 5.41) is 15.2. The molecule has 0 saturated heterocycles. The molecule has 1 N–H and O–H groups in total. The molecule has 0 atom stereocenters. The minimum Gasteiger partial charge on any atom is -0.277 e. The third-order valence-corrected chi connectivity index (χ3v) is 5.28. The number of rotatable bonds is 5. The van der Waals surface area contributed by atoms with E-state index in [1.54, 1.807) is 19.1 Å². The van der Waals surface area contributed by atoms with Gasteiger partial charge in [0.05, 0.1) is 21.2 Å². The molecule has 26 heavy (non-hydrogen) atoms. The van der Waals surface area contributed by atoms with Crippen molar-refractivity contribution in [2.45, 2.75) is 11.8 Å². The van der Waals surface area contributed by atoms with Crippen LogP contribution in [0, 0.1) is 17.0 Å². The van der Waals surface area contributed by atoms with Gasteiger partial charge in [0.15, 0.2) is 0 Å². The summed E-state index contributed by atoms with van der Waals surface area (Å²) >= 11 is 5.98. The van der Waals surface area contributed by atoms with Crippen LogP contribution in [-0.4, -0.2) is 28.1 Å². The summed E-state index contributed by atoms with van der Waals surface area (Å²) in [5.41, 5.74) is 0.610. The van der Waals surface area contributed by atoms with E-state index in [2.05, 4.69) is 14.8 Å². The van der Waals surface area contributed by atoms with Crippen molar-refractivity contribution >= 4 is 33.0 Å². The van der Waals surface area contributed by atoms with E-state index in [-0.39, 0.29) is 16.3 Å². The van der Waals surface area contributed by atoms with E-state index in [1.807, 2.05) is 0 Å². The maximum absolute atomic E-state index is 12.8. The second-order valence-electron chi connectivity index (χ2n) is 5.31. The standard InChI is InChI=1S/C15H12ClN5O4S/c1-10-2-4-12(21(22)23)7-15(10)26(24,25)19-13-6-11(16)3-5-14(13)20-9-17-8-18-20/h2-9,19H,1H3. The number of aromatic nitrogens is 3. The van der Waals surface area contributed by atoms with Gasteiger partial charge in [-0.1, -0.05) is 17.7 Å². The number of anilines is 1. The van der Waals surface area contributed by atoms with Gasteiger partial charge in [-0.15, -0.1) is 0 Å². The maximum Gasteiger partial charge on any atom is 0.270 e. The van der Waals surface area contributed by atoms with Crippen LogP contribution < -0.4 is 4.72 Å². The lowest BCUT2D eigenvalue weighted by Crippen LogP contribution is -2.16. The number of nitrogens with one attached hydrogen (secondary N) is 1. The number of sulfonamides is 1. The molecule has 11 heteroatoms. The Kier molecular flexibility index (Phi) is 4.62. The average molecular weight is 394 g/mol. The number of halogens is 1. The summed E-state index contributed by atoms with van der Waals surface area (Å²) in [5.74, 6) is 0. The first-order valence-electron chi connectivity index (χ1n) is 7.20. The van der Waals surface area contributed by atoms with Crippen LogP contribution in [0.3, 0.4) is 0 Å². The van der Waals surface area contributed by atoms with Gasteiger partial charge in [0.25, 0.3) is 15.7 Å². The molecule has 0 amide bonds. The molecule has 0 radical (unpaired) electrons. The molecule has 0 saturated carbocycles. The molecule has 3 rings (SSSR count). The molecule has 1 heterocycles. The number of hydrogen-bond acceptors (Lipinski definition) is 6. The molecule has 0 bridgehead atoms. The van der Waals surface area contributed by atoms with E-state index >= 15 is 0 Å². The molecule has 0 aliphatic carbocycles. The normalized spacial score (nSPS) is 11.3. The Morgan fingerprint density at radius 1 is 1.23 bits per heavy atom. The van der Waals surface area contributed by atoms with Crippen LogP contribution in [0.4, 0.5) is 11.4 Å². The highest BCUT2D eigenvalue weighted by Crippen LogP contribution is 2.28. The van der Waals surface area contributed by atoms with Crippen molar-refractivity contribution in [2.75, 3.05) is 4.72 Å². The first-order valence-corrected chi connectivity index (χ1v) is 9.06. The molecule has 0 aliphatic heterocycles. The van der Waals surface area contributed by atoms with Crippen molar-refractivity contribution in [1.82, 2.24) is 14.8 Å². The van der Waals surface area contributed by atoms with Crippen LogP contribution >= 0.6 is 11.6 Å². The van der Waals surface area contributed by atoms with E-state index in [9.17, 15) is 18.5 Å². The lowest BCUT2D eigenvalue weighted by atomic mass is 10.2. The van der Waals surface area contributed by atoms with Crippen molar-refractivity contribution in [3.05, 3.63) is 69.8 Å². The van der Waals surface area contributed by atoms with Gasteiger partial charge in [-0.25, -0.2) is 18.1 Å². The number of nitro benzene ring substituents is 1. The van der Waals surface area contributed by atoms with Crippen LogP contribution in [0.25, 0.3) is 5.69 Å². The fourth-order valence-electron chi connectivity index (χ4n) is 2.31. The topological polar surface area (TPSA) is 120 Å². The summed E-state index contributed by atoms with van der Waals surface area (Å²) in [7, 11) is -4.10. The molecule has 0 aliphatic rings. The molecular formula is C15H12ClN5O4S. The average Bonchev–Trinajstić information content (AvgIpc) is 3.08. The lowest BCUT2D eigenvalue weighted by molar-refractivity contribution is -0.385. The minimum absolute atomic E-state index is 0.161. The Hall–Kier alpha value is -2.98. The van der Waals surface area contributed by atoms with Crippen molar-refractivity contribution in [2.24, 2.45) is 0 Å². The Morgan fingerprint density at radius 3 is 2.65 bits per heavy atom. The summed E-state index contributed by atoms with van der Waals surface area (Å²) in [6, 6.07) is 8.21. The Labute approximate surface area is 153 Å². The Morgan fingerprint density at radius 2 is 2.00 bits per heavy atom. The maximum atomic E-state index is 12.8. The quantitative estimate of drug-likeness (QED) is 0.525. The van der Waals surface area contributed by atoms with Gasteiger partial charge in [0, 0.05) is 17.2 Å². The van der Waals surface area contributed by atoms with Gasteiger partial charge in [-0.3, -0.25) is 14.8 Å². The zero-order valence-corrected chi connectivity index (χ0v) is 14.9. The molecule has 0 fully saturated rings. The molecule has 0 unspecified atom stereocenters. The van der Waals surface area contributed by atoms with Gasteiger partial charge in [-0.2, -0.15) is 5.10 Å². The van der Waals surface area contributed by atoms with Crippen LogP contribution in [0.1, 0.15) is 5.56 Å². The molecule has 3 aromatic rings. The van der Waals surface area contributed by atoms with Crippen molar-refractivity contribution < 1.29 is 13.3 Å². The fraction of sp³-hybridized carbons (Fsp3) is 0.0667. The molecule has 1 aromatic heterocycles. The summed E-state index contributed by atoms with van der Waals surface area (Å²) in [6.07, 6.45) is 2.71. The first-order chi connectivity index (χ1) is 12.3. The number of non-ortho nitro benzene ring substituents is 1. The zero-order valence-electron chi connectivity index (χ0n) is 13.3. The molecule has 0 spiro atoms. The highest BCUT2D eigenvalue weighted by molar-refractivity contribution is 7.92. The van der Waals surface area contributed by atoms with E-state index in [1.165, 1.54) is 35.5 Å². The number of nitrogens with zero attached hydrogens (tertiary/aromatic N) is 4. The third kappa shape index (κ3) is 3.51. The molecule has 9 nitrogen and oxygen atoms in total. The van der Waals surface area contributed by atoms with Crippen LogP contribution in [0.15, 0.2) is 53.9 Å². The van der Waals surface area contributed by atoms with E-state index in [0.717, 1.165) is 6.07 Å². The highest BCUT2D eigenvalue weighted by atomic mass is 35.5. The van der Waals surface area contributed by atoms with Crippen LogP contribution in [-0.2, 0) is 10.0 Å². The van der Waals surface area contributed by atoms with Crippen molar-refractivity contribution in [3.8, 4) is 5.69 Å². The number of benzene rings is 2. The van der Waals surface area contributed by atoms with E-state index in [4.69, 9.17) is 11.6 Å². The Bertz CT molecular complexity index is 1080. The SMILES string of the molecule is Cc1ccc([N+](=O)[O-])cc1S(=O)(=O)Nc1cc(Cl)ccc1-n1cncn1. The van der Waals surface area contributed by atoms with Crippen LogP contribution in [0.2, 0.25) is 5.02 Å². The van der Waals surface area contributed by atoms with Gasteiger partial charge in [0.1, 0.15) is 12.7 Å². The lowest BCUT2D eigenvalue weighted by Gasteiger charge is -2.14. The predicted octanol–water partition coefficient (Wildman–Crippen LogP) is 2.94. The molecule has 134 valence electrons. The number of nitro groups is 1. The van der Waals surface area contributed by atoms with Gasteiger partial charge >= 0.3 is 0 Å². The fourth-order valence-corrected chi connectivity index (χ4v) is 3.82. The second-order valence-corrected chi connectivity index (χ2v) is 7.40. The third-order valence-electron chi connectivity index (χ3n) is 3.54. The van der Waals surface area contributed by atoms with Gasteiger partial charge in [0.2, 0.25) is 0 Å². The summed E-state index contributed by atoms with van der Waals surface area (Å²) in [4.78, 5) is 13.9. The molecular weight excluding hydrogens is 382 g/mol. The smallest absolute Gasteiger partial charge is 0.270 e. The van der Waals surface area contributed by atoms with Gasteiger partial charge < -0.3 is 0 Å². The minimum atomic E-state index is -4.10. The molecule has 2 aromatic carbocycles. The largest absolute Gasteiger partial charge is 0.277 e. The summed E-state index contributed by atoms with van der Waals surface area (Å²) in [6.45, 7) is 1.55. The first kappa shape index (κ1) is 17.8. The number of hydrogen-bond donors (Lipinski definition) is 1. The highest BCUT2D eigenvalue weighted by Gasteiger charge is 2.22. The summed E-state index contributed by atoms with van der Waals surface area (Å²) < 4.78 is 29.4. The van der Waals surface area contributed by atoms with Crippen molar-refractivity contribution in [3.63, 3.8) is 0 Å². The predicted molar refractivity (Wildman–Crippen MR) is 95.0 cm³/mol. The van der Waals surface area contributed by atoms with E-state index < -0.39 is 14.9 Å². The van der Waals surface area contributed by atoms with Gasteiger partial charge in [-0.05, 0) is 30.7 Å². The van der Waals surface area contributed by atoms with Crippen molar-refractivity contribution in [1.29, 1.82) is 0 Å².